The molecule has 0 saturated carbocycles. The van der Waals surface area contributed by atoms with Crippen molar-refractivity contribution in [3.63, 3.8) is 0 Å². The first-order valence-corrected chi connectivity index (χ1v) is 11.5. The summed E-state index contributed by atoms with van der Waals surface area (Å²) in [6, 6.07) is 8.15. The van der Waals surface area contributed by atoms with Crippen molar-refractivity contribution < 1.29 is 8.42 Å². The smallest absolute Gasteiger partial charge is 0.252 e. The van der Waals surface area contributed by atoms with Crippen LogP contribution in [0.15, 0.2) is 70.0 Å². The van der Waals surface area contributed by atoms with Gasteiger partial charge in [-0.3, -0.25) is 19.3 Å². The summed E-state index contributed by atoms with van der Waals surface area (Å²) in [6.45, 7) is 0.282. The van der Waals surface area contributed by atoms with Crippen LogP contribution < -0.4 is 10.7 Å². The van der Waals surface area contributed by atoms with Gasteiger partial charge in [-0.05, 0) is 30.0 Å². The van der Waals surface area contributed by atoms with Gasteiger partial charge < -0.3 is 0 Å². The van der Waals surface area contributed by atoms with E-state index in [1.165, 1.54) is 36.3 Å². The number of primary sulfonamides is 1. The monoisotopic (exact) mass is 440 g/mol. The topological polar surface area (TPSA) is 134 Å². The number of pyridine rings is 3. The van der Waals surface area contributed by atoms with Crippen LogP contribution in [0.25, 0.3) is 22.3 Å². The van der Waals surface area contributed by atoms with Crippen LogP contribution in [0.4, 0.5) is 0 Å². The van der Waals surface area contributed by atoms with Gasteiger partial charge in [0.25, 0.3) is 5.56 Å². The number of nitrogens with zero attached hydrogens (tertiary/aromatic N) is 5. The number of rotatable bonds is 5. The molecule has 0 atom stereocenters. The zero-order chi connectivity index (χ0) is 21.3. The second-order valence-electron chi connectivity index (χ2n) is 6.40. The van der Waals surface area contributed by atoms with Gasteiger partial charge in [0.05, 0.1) is 12.2 Å². The molecule has 0 aliphatic heterocycles. The predicted octanol–water partition coefficient (Wildman–Crippen LogP) is 1.67. The summed E-state index contributed by atoms with van der Waals surface area (Å²) in [7, 11) is -3.86. The van der Waals surface area contributed by atoms with Gasteiger partial charge in [0.2, 0.25) is 10.0 Å². The molecule has 0 spiro atoms. The summed E-state index contributed by atoms with van der Waals surface area (Å²) in [5.74, 6) is 0. The third kappa shape index (κ3) is 4.08. The van der Waals surface area contributed by atoms with Crippen molar-refractivity contribution in [2.75, 3.05) is 6.26 Å². The number of aromatic nitrogens is 5. The van der Waals surface area contributed by atoms with Gasteiger partial charge in [0, 0.05) is 41.8 Å². The molecule has 11 heteroatoms. The maximum absolute atomic E-state index is 12.5. The van der Waals surface area contributed by atoms with Gasteiger partial charge in [-0.2, -0.15) is 0 Å². The molecule has 4 aromatic heterocycles. The minimum absolute atomic E-state index is 0.0857. The molecule has 0 aromatic carbocycles. The average Bonchev–Trinajstić information content (AvgIpc) is 2.75. The summed E-state index contributed by atoms with van der Waals surface area (Å²) in [6.07, 6.45) is 7.88. The normalized spacial score (nSPS) is 11.7. The number of sulfonamides is 1. The molecule has 4 heterocycles. The Kier molecular flexibility index (Phi) is 5.33. The van der Waals surface area contributed by atoms with Crippen LogP contribution in [0.2, 0.25) is 0 Å². The maximum Gasteiger partial charge on any atom is 0.252 e. The third-order valence-electron chi connectivity index (χ3n) is 4.39. The van der Waals surface area contributed by atoms with E-state index in [-0.39, 0.29) is 17.0 Å². The fourth-order valence-corrected chi connectivity index (χ4v) is 3.73. The van der Waals surface area contributed by atoms with Crippen LogP contribution in [0.3, 0.4) is 0 Å². The lowest BCUT2D eigenvalue weighted by Crippen LogP contribution is -2.21. The Bertz CT molecular complexity index is 1400. The molecule has 0 amide bonds. The fraction of sp³-hybridized carbons (Fsp3) is 0.105. The van der Waals surface area contributed by atoms with Crippen LogP contribution >= 0.6 is 11.8 Å². The summed E-state index contributed by atoms with van der Waals surface area (Å²) < 4.78 is 24.6. The van der Waals surface area contributed by atoms with E-state index in [1.54, 1.807) is 29.1 Å². The molecular formula is C19H16N6O3S2. The Labute approximate surface area is 176 Å². The van der Waals surface area contributed by atoms with Gasteiger partial charge in [-0.15, -0.1) is 0 Å². The molecule has 0 saturated heterocycles. The van der Waals surface area contributed by atoms with Crippen LogP contribution in [-0.4, -0.2) is 39.2 Å². The standard InChI is InChI=1S/C19H16N6O3S2/c1-29-19-23-9-13-3-5-17(26)25(18(13)24-19)11-12-2-4-16(22-7-12)14-6-15(10-21-8-14)30(20,27)28/h2-10H,11H2,1H3,(H2,20,27,28). The maximum atomic E-state index is 12.5. The molecule has 0 fully saturated rings. The second-order valence-corrected chi connectivity index (χ2v) is 8.73. The number of hydrogen-bond acceptors (Lipinski definition) is 8. The third-order valence-corrected chi connectivity index (χ3v) is 5.83. The first-order chi connectivity index (χ1) is 14.3. The van der Waals surface area contributed by atoms with Gasteiger partial charge in [0.1, 0.15) is 10.5 Å². The minimum atomic E-state index is -3.86. The molecule has 0 aliphatic rings. The largest absolute Gasteiger partial charge is 0.288 e. The lowest BCUT2D eigenvalue weighted by Gasteiger charge is -2.10. The molecule has 4 rings (SSSR count). The number of hydrogen-bond donors (Lipinski definition) is 1. The van der Waals surface area contributed by atoms with E-state index in [1.807, 2.05) is 12.3 Å². The van der Waals surface area contributed by atoms with E-state index in [0.717, 1.165) is 10.9 Å². The van der Waals surface area contributed by atoms with Gasteiger partial charge >= 0.3 is 0 Å². The molecule has 0 aliphatic carbocycles. The highest BCUT2D eigenvalue weighted by molar-refractivity contribution is 7.98. The summed E-state index contributed by atoms with van der Waals surface area (Å²) in [5, 5.41) is 6.51. The van der Waals surface area contributed by atoms with Crippen LogP contribution in [0, 0.1) is 0 Å². The number of thioether (sulfide) groups is 1. The highest BCUT2D eigenvalue weighted by Gasteiger charge is 2.11. The zero-order valence-electron chi connectivity index (χ0n) is 15.8. The lowest BCUT2D eigenvalue weighted by atomic mass is 10.1. The number of nitrogens with two attached hydrogens (primary N) is 1. The van der Waals surface area contributed by atoms with Crippen molar-refractivity contribution in [3.8, 4) is 11.3 Å². The number of fused-ring (bicyclic) bond motifs is 1. The van der Waals surface area contributed by atoms with E-state index < -0.39 is 10.0 Å². The quantitative estimate of drug-likeness (QED) is 0.366. The zero-order valence-corrected chi connectivity index (χ0v) is 17.4. The van der Waals surface area contributed by atoms with E-state index >= 15 is 0 Å². The first kappa shape index (κ1) is 20.1. The van der Waals surface area contributed by atoms with Crippen molar-refractivity contribution in [1.29, 1.82) is 0 Å². The van der Waals surface area contributed by atoms with Gasteiger partial charge in [0.15, 0.2) is 5.16 Å². The second kappa shape index (κ2) is 7.94. The first-order valence-electron chi connectivity index (χ1n) is 8.69. The van der Waals surface area contributed by atoms with E-state index in [4.69, 9.17) is 5.14 Å². The van der Waals surface area contributed by atoms with Crippen LogP contribution in [0.1, 0.15) is 5.56 Å². The minimum Gasteiger partial charge on any atom is -0.288 e. The van der Waals surface area contributed by atoms with Crippen molar-refractivity contribution in [2.45, 2.75) is 16.6 Å². The summed E-state index contributed by atoms with van der Waals surface area (Å²) in [5.41, 5.74) is 2.22. The van der Waals surface area contributed by atoms with Crippen molar-refractivity contribution in [2.24, 2.45) is 5.14 Å². The van der Waals surface area contributed by atoms with Gasteiger partial charge in [-0.1, -0.05) is 17.8 Å². The molecule has 152 valence electrons. The average molecular weight is 441 g/mol. The lowest BCUT2D eigenvalue weighted by molar-refractivity contribution is 0.597. The molecule has 0 unspecified atom stereocenters. The Morgan fingerprint density at radius 1 is 1.07 bits per heavy atom. The van der Waals surface area contributed by atoms with E-state index in [2.05, 4.69) is 19.9 Å². The Morgan fingerprint density at radius 3 is 2.60 bits per heavy atom. The van der Waals surface area contributed by atoms with Gasteiger partial charge in [-0.25, -0.2) is 23.5 Å². The Hall–Kier alpha value is -3.15. The Morgan fingerprint density at radius 2 is 1.90 bits per heavy atom. The molecule has 30 heavy (non-hydrogen) atoms. The highest BCUT2D eigenvalue weighted by Crippen LogP contribution is 2.20. The molecule has 4 aromatic rings. The SMILES string of the molecule is CSc1ncc2ccc(=O)n(Cc3ccc(-c4cncc(S(N)(=O)=O)c4)nc3)c2n1. The molecule has 2 N–H and O–H groups in total. The van der Waals surface area contributed by atoms with Crippen LogP contribution in [0.5, 0.6) is 0 Å². The van der Waals surface area contributed by atoms with E-state index in [0.29, 0.717) is 22.1 Å². The molecular weight excluding hydrogens is 424 g/mol. The van der Waals surface area contributed by atoms with Crippen molar-refractivity contribution >= 4 is 32.8 Å². The van der Waals surface area contributed by atoms with Crippen molar-refractivity contribution in [1.82, 2.24) is 24.5 Å². The Balaban J connectivity index is 1.68. The molecule has 0 bridgehead atoms. The predicted molar refractivity (Wildman–Crippen MR) is 114 cm³/mol. The van der Waals surface area contributed by atoms with E-state index in [9.17, 15) is 13.2 Å². The molecule has 0 radical (unpaired) electrons. The summed E-state index contributed by atoms with van der Waals surface area (Å²) >= 11 is 1.40. The van der Waals surface area contributed by atoms with Crippen LogP contribution in [-0.2, 0) is 16.6 Å². The molecule has 9 nitrogen and oxygen atoms in total. The highest BCUT2D eigenvalue weighted by atomic mass is 32.2. The van der Waals surface area contributed by atoms with Crippen molar-refractivity contribution in [3.05, 3.63) is 71.0 Å². The fourth-order valence-electron chi connectivity index (χ4n) is 2.89. The summed E-state index contributed by atoms with van der Waals surface area (Å²) in [4.78, 5) is 29.4.